The molecule has 0 heterocycles. The first-order valence-corrected chi connectivity index (χ1v) is 3.92. The summed E-state index contributed by atoms with van der Waals surface area (Å²) in [7, 11) is 2.13. The molecule has 0 unspecified atom stereocenters. The van der Waals surface area contributed by atoms with Gasteiger partial charge in [-0.25, -0.2) is 9.18 Å². The van der Waals surface area contributed by atoms with Crippen LogP contribution >= 0.6 is 0 Å². The number of carbonyl (C=O) groups excluding carboxylic acids is 1. The molecule has 9 heteroatoms. The maximum Gasteiger partial charge on any atom is 0.470 e. The predicted octanol–water partition coefficient (Wildman–Crippen LogP) is 1.86. The summed E-state index contributed by atoms with van der Waals surface area (Å²) in [5.74, 6) is -5.06. The summed E-state index contributed by atoms with van der Waals surface area (Å²) in [6.07, 6.45) is -6.96. The zero-order valence-electron chi connectivity index (χ0n) is 8.48. The largest absolute Gasteiger partial charge is 0.470 e. The lowest BCUT2D eigenvalue weighted by atomic mass is 10.3. The van der Waals surface area contributed by atoms with Crippen LogP contribution in [0.4, 0.5) is 26.7 Å². The summed E-state index contributed by atoms with van der Waals surface area (Å²) in [4.78, 5) is 11.3. The van der Waals surface area contributed by atoms with Crippen molar-refractivity contribution in [2.45, 2.75) is 12.0 Å². The third-order valence-electron chi connectivity index (χ3n) is 1.44. The number of methoxy groups -OCH3 is 1. The fourth-order valence-corrected chi connectivity index (χ4v) is 0.586. The molecule has 0 spiro atoms. The second-order valence-corrected chi connectivity index (χ2v) is 2.84. The van der Waals surface area contributed by atoms with E-state index in [2.05, 4.69) is 9.47 Å². The molecule has 0 aliphatic heterocycles. The summed E-state index contributed by atoms with van der Waals surface area (Å²) in [6, 6.07) is 0. The molecular weight excluding hydrogens is 241 g/mol. The Labute approximate surface area is 87.9 Å². The van der Waals surface area contributed by atoms with Gasteiger partial charge < -0.3 is 9.47 Å². The smallest absolute Gasteiger partial charge is 0.379 e. The molecule has 0 fully saturated rings. The first-order valence-electron chi connectivity index (χ1n) is 3.92. The lowest BCUT2D eigenvalue weighted by molar-refractivity contribution is -0.327. The van der Waals surface area contributed by atoms with E-state index in [4.69, 9.17) is 0 Å². The van der Waals surface area contributed by atoms with E-state index in [1.807, 2.05) is 0 Å². The quantitative estimate of drug-likeness (QED) is 0.553. The van der Waals surface area contributed by atoms with E-state index in [1.165, 1.54) is 0 Å². The molecule has 0 saturated carbocycles. The van der Waals surface area contributed by atoms with Gasteiger partial charge in [-0.2, -0.15) is 17.6 Å². The highest BCUT2D eigenvalue weighted by Gasteiger charge is 2.61. The van der Waals surface area contributed by atoms with Gasteiger partial charge in [0, 0.05) is 14.2 Å². The molecule has 0 aliphatic rings. The summed E-state index contributed by atoms with van der Waals surface area (Å²) in [5, 5.41) is 0. The fraction of sp³-hybridized carbons (Fsp3) is 0.857. The molecule has 0 atom stereocenters. The number of carbonyl (C=O) groups is 1. The zero-order valence-corrected chi connectivity index (χ0v) is 8.48. The van der Waals surface area contributed by atoms with Crippen molar-refractivity contribution >= 4 is 6.09 Å². The average Bonchev–Trinajstić information content (AvgIpc) is 2.17. The van der Waals surface area contributed by atoms with Crippen LogP contribution in [0.2, 0.25) is 0 Å². The normalized spacial score (nSPS) is 12.4. The van der Waals surface area contributed by atoms with Crippen LogP contribution in [0.15, 0.2) is 0 Å². The molecule has 0 aromatic carbocycles. The maximum absolute atomic E-state index is 12.6. The minimum atomic E-state index is -5.21. The number of hydrogen-bond acceptors (Lipinski definition) is 3. The Kier molecular flexibility index (Phi) is 4.91. The Balaban J connectivity index is 4.53. The Bertz CT molecular complexity index is 248. The third kappa shape index (κ3) is 3.47. The van der Waals surface area contributed by atoms with Gasteiger partial charge in [-0.05, 0) is 0 Å². The number of nitrogens with zero attached hydrogens (tertiary/aromatic N) is 1. The Morgan fingerprint density at radius 3 is 2.19 bits per heavy atom. The van der Waals surface area contributed by atoms with Crippen molar-refractivity contribution in [1.82, 2.24) is 4.90 Å². The Hall–Kier alpha value is -1.12. The molecule has 0 radical (unpaired) electrons. The van der Waals surface area contributed by atoms with Crippen LogP contribution in [0.25, 0.3) is 0 Å². The van der Waals surface area contributed by atoms with Crippen LogP contribution in [0.1, 0.15) is 0 Å². The van der Waals surface area contributed by atoms with Crippen molar-refractivity contribution in [3.05, 3.63) is 0 Å². The van der Waals surface area contributed by atoms with E-state index in [9.17, 15) is 26.7 Å². The minimum Gasteiger partial charge on any atom is -0.379 e. The highest BCUT2D eigenvalue weighted by Crippen LogP contribution is 2.35. The SMILES string of the molecule is COCN(C)C(=O)OC(F)(F)C(F)(F)CF. The van der Waals surface area contributed by atoms with Gasteiger partial charge >= 0.3 is 18.1 Å². The van der Waals surface area contributed by atoms with E-state index in [1.54, 1.807) is 0 Å². The molecule has 0 N–H and O–H groups in total. The van der Waals surface area contributed by atoms with Gasteiger partial charge in [-0.15, -0.1) is 0 Å². The van der Waals surface area contributed by atoms with Crippen molar-refractivity contribution in [3.63, 3.8) is 0 Å². The molecule has 1 amide bonds. The van der Waals surface area contributed by atoms with Crippen LogP contribution in [-0.4, -0.2) is 50.6 Å². The number of rotatable bonds is 5. The first kappa shape index (κ1) is 14.9. The van der Waals surface area contributed by atoms with Crippen molar-refractivity contribution in [2.75, 3.05) is 27.6 Å². The van der Waals surface area contributed by atoms with E-state index in [0.717, 1.165) is 14.2 Å². The molecule has 0 saturated heterocycles. The van der Waals surface area contributed by atoms with E-state index < -0.39 is 31.5 Å². The van der Waals surface area contributed by atoms with Crippen LogP contribution in [-0.2, 0) is 9.47 Å². The number of hydrogen-bond donors (Lipinski definition) is 0. The molecule has 16 heavy (non-hydrogen) atoms. The van der Waals surface area contributed by atoms with Crippen LogP contribution in [0.3, 0.4) is 0 Å². The van der Waals surface area contributed by atoms with E-state index in [-0.39, 0.29) is 0 Å². The van der Waals surface area contributed by atoms with Crippen molar-refractivity contribution in [2.24, 2.45) is 0 Å². The monoisotopic (exact) mass is 251 g/mol. The molecule has 0 aromatic rings. The molecule has 0 rings (SSSR count). The Morgan fingerprint density at radius 2 is 1.81 bits per heavy atom. The fourth-order valence-electron chi connectivity index (χ4n) is 0.586. The summed E-state index contributed by atoms with van der Waals surface area (Å²) in [6.45, 7) is -3.07. The zero-order chi connectivity index (χ0) is 13.0. The number of amides is 1. The topological polar surface area (TPSA) is 38.8 Å². The second-order valence-electron chi connectivity index (χ2n) is 2.84. The van der Waals surface area contributed by atoms with E-state index >= 15 is 0 Å². The number of alkyl halides is 5. The van der Waals surface area contributed by atoms with E-state index in [0.29, 0.717) is 4.90 Å². The van der Waals surface area contributed by atoms with Crippen molar-refractivity contribution < 1.29 is 36.2 Å². The minimum absolute atomic E-state index is 0.434. The average molecular weight is 251 g/mol. The van der Waals surface area contributed by atoms with Gasteiger partial charge in [0.25, 0.3) is 0 Å². The van der Waals surface area contributed by atoms with Crippen LogP contribution < -0.4 is 0 Å². The highest BCUT2D eigenvalue weighted by molar-refractivity contribution is 5.67. The predicted molar refractivity (Wildman–Crippen MR) is 42.0 cm³/mol. The number of ether oxygens (including phenoxy) is 2. The molecule has 4 nitrogen and oxygen atoms in total. The lowest BCUT2D eigenvalue weighted by Crippen LogP contribution is -2.48. The van der Waals surface area contributed by atoms with Crippen LogP contribution in [0.5, 0.6) is 0 Å². The third-order valence-corrected chi connectivity index (χ3v) is 1.44. The molecule has 96 valence electrons. The maximum atomic E-state index is 12.6. The standard InChI is InChI=1S/C7H10F5NO3/c1-13(4-15-2)5(14)16-7(11,12)6(9,10)3-8/h3-4H2,1-2H3. The van der Waals surface area contributed by atoms with Gasteiger partial charge in [0.15, 0.2) is 6.67 Å². The first-order chi connectivity index (χ1) is 7.18. The summed E-state index contributed by atoms with van der Waals surface area (Å²) in [5.41, 5.74) is 0. The Morgan fingerprint density at radius 1 is 1.31 bits per heavy atom. The van der Waals surface area contributed by atoms with Gasteiger partial charge in [0.2, 0.25) is 0 Å². The van der Waals surface area contributed by atoms with Gasteiger partial charge in [0.05, 0.1) is 0 Å². The van der Waals surface area contributed by atoms with Crippen molar-refractivity contribution in [3.8, 4) is 0 Å². The molecule has 0 aliphatic carbocycles. The van der Waals surface area contributed by atoms with Crippen molar-refractivity contribution in [1.29, 1.82) is 0 Å². The second kappa shape index (κ2) is 5.28. The van der Waals surface area contributed by atoms with Gasteiger partial charge in [-0.3, -0.25) is 4.90 Å². The van der Waals surface area contributed by atoms with Crippen LogP contribution in [0, 0.1) is 0 Å². The molecule has 0 aromatic heterocycles. The number of halogens is 5. The van der Waals surface area contributed by atoms with Gasteiger partial charge in [0.1, 0.15) is 6.73 Å². The molecular formula is C7H10F5NO3. The summed E-state index contributed by atoms with van der Waals surface area (Å²) >= 11 is 0. The van der Waals surface area contributed by atoms with Gasteiger partial charge in [-0.1, -0.05) is 0 Å². The highest BCUT2D eigenvalue weighted by atomic mass is 19.3. The molecule has 0 bridgehead atoms. The lowest BCUT2D eigenvalue weighted by Gasteiger charge is -2.25. The summed E-state index contributed by atoms with van der Waals surface area (Å²) < 4.78 is 68.8.